The Labute approximate surface area is 122 Å². The largest absolute Gasteiger partial charge is 0.383 e. The van der Waals surface area contributed by atoms with E-state index in [9.17, 15) is 0 Å². The van der Waals surface area contributed by atoms with Gasteiger partial charge in [-0.05, 0) is 25.2 Å². The molecular weight excluding hydrogens is 250 g/mol. The molecular formula is C16H29N3O. The first kappa shape index (κ1) is 15.4. The van der Waals surface area contributed by atoms with Crippen molar-refractivity contribution in [3.63, 3.8) is 0 Å². The Morgan fingerprint density at radius 3 is 2.85 bits per heavy atom. The van der Waals surface area contributed by atoms with Crippen LogP contribution < -0.4 is 5.32 Å². The van der Waals surface area contributed by atoms with Crippen molar-refractivity contribution in [2.75, 3.05) is 25.6 Å². The molecule has 0 saturated heterocycles. The number of rotatable bonds is 7. The third kappa shape index (κ3) is 4.23. The number of nitrogens with one attached hydrogen (secondary N) is 1. The Balaban J connectivity index is 1.75. The van der Waals surface area contributed by atoms with E-state index >= 15 is 0 Å². The van der Waals surface area contributed by atoms with Crippen LogP contribution in [0.25, 0.3) is 0 Å². The number of anilines is 1. The van der Waals surface area contributed by atoms with Gasteiger partial charge in [-0.25, -0.2) is 4.98 Å². The smallest absolute Gasteiger partial charge is 0.203 e. The normalized spacial score (nSPS) is 24.6. The van der Waals surface area contributed by atoms with Crippen molar-refractivity contribution in [2.24, 2.45) is 11.8 Å². The zero-order chi connectivity index (χ0) is 14.4. The third-order valence-electron chi connectivity index (χ3n) is 4.52. The second-order valence-corrected chi connectivity index (χ2v) is 6.30. The van der Waals surface area contributed by atoms with Crippen molar-refractivity contribution < 1.29 is 4.74 Å². The molecule has 0 radical (unpaired) electrons. The summed E-state index contributed by atoms with van der Waals surface area (Å²) in [7, 11) is 1.74. The maximum atomic E-state index is 5.22. The van der Waals surface area contributed by atoms with Crippen LogP contribution in [0, 0.1) is 11.8 Å². The van der Waals surface area contributed by atoms with E-state index < -0.39 is 0 Å². The van der Waals surface area contributed by atoms with Crippen LogP contribution in [-0.4, -0.2) is 29.8 Å². The molecule has 0 amide bonds. The average Bonchev–Trinajstić information content (AvgIpc) is 2.90. The molecule has 1 saturated carbocycles. The summed E-state index contributed by atoms with van der Waals surface area (Å²) in [4.78, 5) is 4.41. The molecule has 0 aromatic carbocycles. The van der Waals surface area contributed by atoms with Crippen LogP contribution >= 0.6 is 0 Å². The quantitative estimate of drug-likeness (QED) is 0.827. The van der Waals surface area contributed by atoms with E-state index in [0.717, 1.165) is 24.3 Å². The molecule has 1 N–H and O–H groups in total. The second kappa shape index (κ2) is 7.67. The average molecular weight is 279 g/mol. The van der Waals surface area contributed by atoms with Crippen molar-refractivity contribution in [1.82, 2.24) is 9.55 Å². The summed E-state index contributed by atoms with van der Waals surface area (Å²) in [5.41, 5.74) is 0. The van der Waals surface area contributed by atoms with Gasteiger partial charge in [0.05, 0.1) is 12.6 Å². The molecule has 0 bridgehead atoms. The van der Waals surface area contributed by atoms with E-state index in [1.165, 1.54) is 32.1 Å². The van der Waals surface area contributed by atoms with E-state index in [2.05, 4.69) is 28.7 Å². The second-order valence-electron chi connectivity index (χ2n) is 6.30. The van der Waals surface area contributed by atoms with Crippen molar-refractivity contribution in [3.8, 4) is 0 Å². The summed E-state index contributed by atoms with van der Waals surface area (Å²) in [5.74, 6) is 2.81. The minimum Gasteiger partial charge on any atom is -0.383 e. The van der Waals surface area contributed by atoms with Gasteiger partial charge in [0.2, 0.25) is 5.95 Å². The molecule has 1 aliphatic carbocycles. The molecule has 1 fully saturated rings. The lowest BCUT2D eigenvalue weighted by Gasteiger charge is -2.26. The van der Waals surface area contributed by atoms with E-state index in [-0.39, 0.29) is 0 Å². The standard InChI is InChI=1S/C16H29N3O/c1-13-4-6-15(7-5-13)8-9-17-16-18-10-11-19(16)14(2)12-20-3/h10-11,13-15H,4-9,12H2,1-3H3,(H,17,18). The molecule has 1 atom stereocenters. The SMILES string of the molecule is COCC(C)n1ccnc1NCCC1CCC(C)CC1. The zero-order valence-corrected chi connectivity index (χ0v) is 13.1. The lowest BCUT2D eigenvalue weighted by Crippen LogP contribution is -2.18. The Morgan fingerprint density at radius 2 is 2.15 bits per heavy atom. The Morgan fingerprint density at radius 1 is 1.40 bits per heavy atom. The van der Waals surface area contributed by atoms with Crippen LogP contribution in [0.15, 0.2) is 12.4 Å². The van der Waals surface area contributed by atoms with Crippen molar-refractivity contribution >= 4 is 5.95 Å². The van der Waals surface area contributed by atoms with E-state index in [0.29, 0.717) is 12.6 Å². The maximum Gasteiger partial charge on any atom is 0.203 e. The topological polar surface area (TPSA) is 39.1 Å². The van der Waals surface area contributed by atoms with E-state index in [1.807, 2.05) is 12.4 Å². The van der Waals surface area contributed by atoms with Gasteiger partial charge in [0.1, 0.15) is 0 Å². The molecule has 114 valence electrons. The highest BCUT2D eigenvalue weighted by atomic mass is 16.5. The fourth-order valence-corrected chi connectivity index (χ4v) is 3.13. The zero-order valence-electron chi connectivity index (χ0n) is 13.1. The Hall–Kier alpha value is -1.03. The van der Waals surface area contributed by atoms with Gasteiger partial charge in [0.25, 0.3) is 0 Å². The van der Waals surface area contributed by atoms with Gasteiger partial charge < -0.3 is 14.6 Å². The molecule has 1 aliphatic rings. The molecule has 1 heterocycles. The summed E-state index contributed by atoms with van der Waals surface area (Å²) in [6.45, 7) is 6.27. The molecule has 2 rings (SSSR count). The summed E-state index contributed by atoms with van der Waals surface area (Å²) in [5, 5.41) is 3.49. The number of nitrogens with zero attached hydrogens (tertiary/aromatic N) is 2. The molecule has 1 unspecified atom stereocenters. The summed E-state index contributed by atoms with van der Waals surface area (Å²) < 4.78 is 7.37. The van der Waals surface area contributed by atoms with E-state index in [1.54, 1.807) is 7.11 Å². The van der Waals surface area contributed by atoms with Crippen molar-refractivity contribution in [1.29, 1.82) is 0 Å². The van der Waals surface area contributed by atoms with E-state index in [4.69, 9.17) is 4.74 Å². The fourth-order valence-electron chi connectivity index (χ4n) is 3.13. The Kier molecular flexibility index (Phi) is 5.89. The maximum absolute atomic E-state index is 5.22. The van der Waals surface area contributed by atoms with Gasteiger partial charge in [-0.2, -0.15) is 0 Å². The minimum absolute atomic E-state index is 0.320. The number of aromatic nitrogens is 2. The molecule has 0 aliphatic heterocycles. The van der Waals surface area contributed by atoms with Gasteiger partial charge in [0.15, 0.2) is 0 Å². The first-order valence-corrected chi connectivity index (χ1v) is 7.96. The molecule has 20 heavy (non-hydrogen) atoms. The lowest BCUT2D eigenvalue weighted by atomic mass is 9.81. The van der Waals surface area contributed by atoms with Crippen LogP contribution in [0.1, 0.15) is 52.0 Å². The first-order chi connectivity index (χ1) is 9.70. The van der Waals surface area contributed by atoms with Crippen LogP contribution in [0.4, 0.5) is 5.95 Å². The highest BCUT2D eigenvalue weighted by molar-refractivity contribution is 5.26. The summed E-state index contributed by atoms with van der Waals surface area (Å²) in [6, 6.07) is 0.320. The highest BCUT2D eigenvalue weighted by Gasteiger charge is 2.18. The van der Waals surface area contributed by atoms with Crippen LogP contribution in [-0.2, 0) is 4.74 Å². The van der Waals surface area contributed by atoms with Gasteiger partial charge in [-0.15, -0.1) is 0 Å². The monoisotopic (exact) mass is 279 g/mol. The molecule has 4 heteroatoms. The molecule has 0 spiro atoms. The predicted molar refractivity (Wildman–Crippen MR) is 83.0 cm³/mol. The number of hydrogen-bond donors (Lipinski definition) is 1. The summed E-state index contributed by atoms with van der Waals surface area (Å²) >= 11 is 0. The number of hydrogen-bond acceptors (Lipinski definition) is 3. The van der Waals surface area contributed by atoms with Gasteiger partial charge >= 0.3 is 0 Å². The summed E-state index contributed by atoms with van der Waals surface area (Å²) in [6.07, 6.45) is 10.8. The number of imidazole rings is 1. The fraction of sp³-hybridized carbons (Fsp3) is 0.812. The highest BCUT2D eigenvalue weighted by Crippen LogP contribution is 2.30. The minimum atomic E-state index is 0.320. The van der Waals surface area contributed by atoms with Crippen molar-refractivity contribution in [3.05, 3.63) is 12.4 Å². The van der Waals surface area contributed by atoms with Crippen LogP contribution in [0.5, 0.6) is 0 Å². The van der Waals surface area contributed by atoms with Gasteiger partial charge in [0, 0.05) is 26.0 Å². The van der Waals surface area contributed by atoms with Gasteiger partial charge in [-0.1, -0.05) is 32.6 Å². The first-order valence-electron chi connectivity index (χ1n) is 7.96. The number of ether oxygens (including phenoxy) is 1. The van der Waals surface area contributed by atoms with Crippen molar-refractivity contribution in [2.45, 2.75) is 52.0 Å². The predicted octanol–water partition coefficient (Wildman–Crippen LogP) is 3.72. The van der Waals surface area contributed by atoms with Crippen LogP contribution in [0.3, 0.4) is 0 Å². The van der Waals surface area contributed by atoms with Gasteiger partial charge in [-0.3, -0.25) is 0 Å². The Bertz CT molecular complexity index is 383. The number of methoxy groups -OCH3 is 1. The third-order valence-corrected chi connectivity index (χ3v) is 4.52. The van der Waals surface area contributed by atoms with Crippen LogP contribution in [0.2, 0.25) is 0 Å². The lowest BCUT2D eigenvalue weighted by molar-refractivity contribution is 0.163. The molecule has 1 aromatic rings. The molecule has 1 aromatic heterocycles. The molecule has 4 nitrogen and oxygen atoms in total.